The van der Waals surface area contributed by atoms with Gasteiger partial charge in [-0.2, -0.15) is 0 Å². The molecule has 0 bridgehead atoms. The number of likely N-dealkylation sites (tertiary alicyclic amines) is 3. The molecule has 0 radical (unpaired) electrons. The molecule has 0 N–H and O–H groups in total. The van der Waals surface area contributed by atoms with Crippen LogP contribution >= 0.6 is 12.4 Å². The van der Waals surface area contributed by atoms with Gasteiger partial charge in [-0.3, -0.25) is 9.59 Å². The zero-order chi connectivity index (χ0) is 27.6. The second-order valence-corrected chi connectivity index (χ2v) is 11.2. The van der Waals surface area contributed by atoms with Crippen LogP contribution in [0.3, 0.4) is 0 Å². The Kier molecular flexibility index (Phi) is 9.35. The van der Waals surface area contributed by atoms with Crippen molar-refractivity contribution >= 4 is 24.2 Å². The summed E-state index contributed by atoms with van der Waals surface area (Å²) in [6.45, 7) is 7.10. The molecular formula is C30H37ClF3N3O3. The van der Waals surface area contributed by atoms with Crippen molar-refractivity contribution in [3.63, 3.8) is 0 Å². The fourth-order valence-corrected chi connectivity index (χ4v) is 6.58. The first kappa shape index (κ1) is 30.2. The largest absolute Gasteiger partial charge is 0.573 e. The average Bonchev–Trinajstić information content (AvgIpc) is 3.47. The summed E-state index contributed by atoms with van der Waals surface area (Å²) in [5, 5.41) is 0. The third-order valence-electron chi connectivity index (χ3n) is 8.76. The highest BCUT2D eigenvalue weighted by Gasteiger charge is 2.48. The van der Waals surface area contributed by atoms with E-state index < -0.39 is 6.36 Å². The molecule has 2 atom stereocenters. The molecule has 2 amide bonds. The number of rotatable bonds is 7. The van der Waals surface area contributed by atoms with Crippen molar-refractivity contribution in [3.8, 4) is 5.75 Å². The number of amides is 2. The van der Waals surface area contributed by atoms with Crippen molar-refractivity contribution in [2.24, 2.45) is 11.3 Å². The molecule has 1 unspecified atom stereocenters. The maximum absolute atomic E-state index is 13.5. The number of ether oxygens (including phenoxy) is 1. The van der Waals surface area contributed by atoms with Crippen molar-refractivity contribution in [1.29, 1.82) is 0 Å². The number of benzene rings is 2. The summed E-state index contributed by atoms with van der Waals surface area (Å²) in [6.07, 6.45) is -1.78. The molecule has 10 heteroatoms. The molecule has 218 valence electrons. The van der Waals surface area contributed by atoms with E-state index in [1.165, 1.54) is 17.7 Å². The van der Waals surface area contributed by atoms with Gasteiger partial charge in [0.05, 0.1) is 5.41 Å². The monoisotopic (exact) mass is 579 g/mol. The Bertz CT molecular complexity index is 1150. The molecule has 6 nitrogen and oxygen atoms in total. The molecule has 0 aromatic heterocycles. The number of alkyl halides is 3. The van der Waals surface area contributed by atoms with Gasteiger partial charge >= 0.3 is 6.36 Å². The lowest BCUT2D eigenvalue weighted by Crippen LogP contribution is -2.46. The van der Waals surface area contributed by atoms with Crippen molar-refractivity contribution < 1.29 is 27.5 Å². The van der Waals surface area contributed by atoms with Gasteiger partial charge in [-0.25, -0.2) is 0 Å². The van der Waals surface area contributed by atoms with Crippen LogP contribution in [-0.2, 0) is 16.1 Å². The maximum Gasteiger partial charge on any atom is 0.573 e. The van der Waals surface area contributed by atoms with Gasteiger partial charge in [-0.05, 0) is 61.5 Å². The van der Waals surface area contributed by atoms with Crippen LogP contribution in [0, 0.1) is 11.3 Å². The molecule has 2 aromatic carbocycles. The topological polar surface area (TPSA) is 53.1 Å². The molecule has 0 aliphatic carbocycles. The minimum atomic E-state index is -4.72. The molecule has 3 aliphatic heterocycles. The number of hydrogen-bond acceptors (Lipinski definition) is 4. The molecule has 3 fully saturated rings. The molecule has 1 spiro atoms. The summed E-state index contributed by atoms with van der Waals surface area (Å²) in [5.74, 6) is 0.767. The van der Waals surface area contributed by atoms with Gasteiger partial charge in [0, 0.05) is 45.1 Å². The number of piperidine rings is 1. The van der Waals surface area contributed by atoms with Gasteiger partial charge < -0.3 is 19.4 Å². The van der Waals surface area contributed by atoms with E-state index in [4.69, 9.17) is 0 Å². The van der Waals surface area contributed by atoms with Crippen LogP contribution in [0.5, 0.6) is 5.75 Å². The first-order valence-corrected chi connectivity index (χ1v) is 13.8. The van der Waals surface area contributed by atoms with Gasteiger partial charge in [0.2, 0.25) is 11.8 Å². The summed E-state index contributed by atoms with van der Waals surface area (Å²) < 4.78 is 41.2. The van der Waals surface area contributed by atoms with E-state index in [0.717, 1.165) is 57.5 Å². The fourth-order valence-electron chi connectivity index (χ4n) is 6.58. The Balaban J connectivity index is 0.00000370. The zero-order valence-electron chi connectivity index (χ0n) is 22.7. The van der Waals surface area contributed by atoms with E-state index in [0.29, 0.717) is 31.3 Å². The molecule has 3 saturated heterocycles. The molecule has 40 heavy (non-hydrogen) atoms. The van der Waals surface area contributed by atoms with Crippen molar-refractivity contribution in [2.75, 3.05) is 39.3 Å². The lowest BCUT2D eigenvalue weighted by atomic mass is 9.76. The van der Waals surface area contributed by atoms with E-state index in [2.05, 4.69) is 33.9 Å². The Hall–Kier alpha value is -2.78. The Morgan fingerprint density at radius 2 is 1.62 bits per heavy atom. The highest BCUT2D eigenvalue weighted by atomic mass is 35.5. The number of nitrogens with zero attached hydrogens (tertiary/aromatic N) is 3. The van der Waals surface area contributed by atoms with Crippen LogP contribution in [-0.4, -0.2) is 72.1 Å². The third-order valence-corrected chi connectivity index (χ3v) is 8.76. The molecule has 3 aliphatic rings. The maximum atomic E-state index is 13.5. The van der Waals surface area contributed by atoms with Gasteiger partial charge in [0.15, 0.2) is 0 Å². The molecular weight excluding hydrogens is 543 g/mol. The molecule has 3 heterocycles. The number of carbonyl (C=O) groups excluding carboxylic acids is 2. The summed E-state index contributed by atoms with van der Waals surface area (Å²) in [5.41, 5.74) is 1.71. The predicted octanol–water partition coefficient (Wildman–Crippen LogP) is 5.47. The first-order chi connectivity index (χ1) is 18.7. The number of hydrogen-bond donors (Lipinski definition) is 0. The minimum Gasteiger partial charge on any atom is -0.406 e. The molecule has 0 saturated carbocycles. The SMILES string of the molecule is CCC(=O)N1CC(c2ccccc2)[C@@H](CN2CCC3(CC2)CCN(Cc2ccc(OC(F)(F)F)cc2)C3=O)C1.Cl. The highest BCUT2D eigenvalue weighted by molar-refractivity contribution is 5.85. The second-order valence-electron chi connectivity index (χ2n) is 11.2. The van der Waals surface area contributed by atoms with Crippen LogP contribution in [0.1, 0.15) is 49.7 Å². The second kappa shape index (κ2) is 12.4. The quantitative estimate of drug-likeness (QED) is 0.436. The van der Waals surface area contributed by atoms with E-state index in [9.17, 15) is 22.8 Å². The number of halogens is 4. The Morgan fingerprint density at radius 1 is 0.975 bits per heavy atom. The standard InChI is InChI=1S/C30H36F3N3O3.ClH/c1-2-27(37)36-20-24(26(21-36)23-6-4-3-5-7-23)19-34-15-12-29(13-16-34)14-17-35(28(29)38)18-22-8-10-25(11-9-22)39-30(31,32)33;/h3-11,24,26H,2,12-21H2,1H3;1H/t24-,26?;/m0./s1. The summed E-state index contributed by atoms with van der Waals surface area (Å²) in [6, 6.07) is 16.2. The fraction of sp³-hybridized carbons (Fsp3) is 0.533. The normalized spacial score (nSPS) is 22.9. The molecule has 2 aromatic rings. The summed E-state index contributed by atoms with van der Waals surface area (Å²) >= 11 is 0. The summed E-state index contributed by atoms with van der Waals surface area (Å²) in [7, 11) is 0. The zero-order valence-corrected chi connectivity index (χ0v) is 23.6. The van der Waals surface area contributed by atoms with Crippen LogP contribution in [0.4, 0.5) is 13.2 Å². The van der Waals surface area contributed by atoms with Crippen LogP contribution in [0.25, 0.3) is 0 Å². The van der Waals surface area contributed by atoms with E-state index in [1.807, 2.05) is 22.8 Å². The smallest absolute Gasteiger partial charge is 0.406 e. The Morgan fingerprint density at radius 3 is 2.25 bits per heavy atom. The van der Waals surface area contributed by atoms with E-state index in [1.54, 1.807) is 12.1 Å². The van der Waals surface area contributed by atoms with Crippen LogP contribution < -0.4 is 4.74 Å². The van der Waals surface area contributed by atoms with Crippen molar-refractivity contribution in [2.45, 2.75) is 51.4 Å². The van der Waals surface area contributed by atoms with Gasteiger partial charge in [-0.15, -0.1) is 25.6 Å². The lowest BCUT2D eigenvalue weighted by molar-refractivity contribution is -0.274. The van der Waals surface area contributed by atoms with Gasteiger partial charge in [-0.1, -0.05) is 49.4 Å². The molecule has 5 rings (SSSR count). The lowest BCUT2D eigenvalue weighted by Gasteiger charge is -2.39. The predicted molar refractivity (Wildman–Crippen MR) is 148 cm³/mol. The highest BCUT2D eigenvalue weighted by Crippen LogP contribution is 2.43. The van der Waals surface area contributed by atoms with Gasteiger partial charge in [0.1, 0.15) is 5.75 Å². The first-order valence-electron chi connectivity index (χ1n) is 13.8. The van der Waals surface area contributed by atoms with Crippen LogP contribution in [0.2, 0.25) is 0 Å². The van der Waals surface area contributed by atoms with E-state index >= 15 is 0 Å². The van der Waals surface area contributed by atoms with E-state index in [-0.39, 0.29) is 35.4 Å². The minimum absolute atomic E-state index is 0. The van der Waals surface area contributed by atoms with Crippen molar-refractivity contribution in [3.05, 3.63) is 65.7 Å². The number of carbonyl (C=O) groups is 2. The average molecular weight is 580 g/mol. The Labute approximate surface area is 239 Å². The summed E-state index contributed by atoms with van der Waals surface area (Å²) in [4.78, 5) is 32.3. The van der Waals surface area contributed by atoms with Gasteiger partial charge in [0.25, 0.3) is 0 Å². The van der Waals surface area contributed by atoms with Crippen LogP contribution in [0.15, 0.2) is 54.6 Å². The third kappa shape index (κ3) is 6.74. The van der Waals surface area contributed by atoms with Crippen molar-refractivity contribution in [1.82, 2.24) is 14.7 Å².